The van der Waals surface area contributed by atoms with Crippen molar-refractivity contribution < 1.29 is 4.79 Å². The Bertz CT molecular complexity index is 1020. The van der Waals surface area contributed by atoms with Crippen molar-refractivity contribution in [3.8, 4) is 0 Å². The lowest BCUT2D eigenvalue weighted by Crippen LogP contribution is -2.53. The van der Waals surface area contributed by atoms with Gasteiger partial charge in [-0.25, -0.2) is 0 Å². The van der Waals surface area contributed by atoms with Crippen molar-refractivity contribution in [2.45, 2.75) is 50.4 Å². The summed E-state index contributed by atoms with van der Waals surface area (Å²) in [7, 11) is 3.97. The summed E-state index contributed by atoms with van der Waals surface area (Å²) in [6.07, 6.45) is 2.95. The van der Waals surface area contributed by atoms with Crippen LogP contribution in [0.4, 0.5) is 0 Å². The van der Waals surface area contributed by atoms with Gasteiger partial charge >= 0.3 is 0 Å². The monoisotopic (exact) mass is 420 g/mol. The maximum absolute atomic E-state index is 13.4. The number of fused-ring (bicyclic) bond motifs is 4. The summed E-state index contributed by atoms with van der Waals surface area (Å²) in [5, 5.41) is 3.57. The zero-order valence-corrected chi connectivity index (χ0v) is 18.5. The average Bonchev–Trinajstić information content (AvgIpc) is 3.26. The minimum Gasteiger partial charge on any atom is -0.340 e. The first-order valence-electron chi connectivity index (χ1n) is 11.5. The van der Waals surface area contributed by atoms with Crippen LogP contribution in [0, 0.1) is 5.92 Å². The van der Waals surface area contributed by atoms with Crippen molar-refractivity contribution in [3.05, 3.63) is 69.6 Å². The van der Waals surface area contributed by atoms with Gasteiger partial charge in [0.25, 0.3) is 5.56 Å². The molecule has 4 atom stereocenters. The van der Waals surface area contributed by atoms with E-state index in [1.807, 2.05) is 35.7 Å². The van der Waals surface area contributed by atoms with Crippen molar-refractivity contribution in [2.24, 2.45) is 5.92 Å². The zero-order chi connectivity index (χ0) is 21.5. The number of nitrogens with one attached hydrogen (secondary N) is 1. The molecule has 1 aromatic carbocycles. The van der Waals surface area contributed by atoms with Gasteiger partial charge in [-0.2, -0.15) is 0 Å². The molecule has 2 bridgehead atoms. The lowest BCUT2D eigenvalue weighted by atomic mass is 9.82. The van der Waals surface area contributed by atoms with E-state index in [-0.39, 0.29) is 29.5 Å². The van der Waals surface area contributed by atoms with E-state index in [0.29, 0.717) is 12.5 Å². The van der Waals surface area contributed by atoms with Gasteiger partial charge in [-0.3, -0.25) is 14.9 Å². The van der Waals surface area contributed by atoms with Crippen LogP contribution in [0.25, 0.3) is 0 Å². The number of pyridine rings is 1. The quantitative estimate of drug-likeness (QED) is 0.825. The third kappa shape index (κ3) is 3.94. The van der Waals surface area contributed by atoms with Crippen LogP contribution in [0.15, 0.2) is 47.3 Å². The van der Waals surface area contributed by atoms with Gasteiger partial charge in [0, 0.05) is 49.4 Å². The van der Waals surface area contributed by atoms with Crippen molar-refractivity contribution in [3.63, 3.8) is 0 Å². The Hall–Kier alpha value is -2.44. The summed E-state index contributed by atoms with van der Waals surface area (Å²) in [6, 6.07) is 14.7. The lowest BCUT2D eigenvalue weighted by molar-refractivity contribution is -0.135. The molecule has 2 saturated heterocycles. The highest BCUT2D eigenvalue weighted by Crippen LogP contribution is 2.36. The van der Waals surface area contributed by atoms with Crippen molar-refractivity contribution in [2.75, 3.05) is 27.2 Å². The molecule has 5 rings (SSSR count). The summed E-state index contributed by atoms with van der Waals surface area (Å²) in [6.45, 7) is 2.86. The van der Waals surface area contributed by atoms with Crippen LogP contribution in [0.1, 0.15) is 48.0 Å². The molecule has 0 spiro atoms. The summed E-state index contributed by atoms with van der Waals surface area (Å²) in [5.41, 5.74) is 3.35. The molecule has 0 saturated carbocycles. The number of piperidine rings is 1. The molecule has 31 heavy (non-hydrogen) atoms. The van der Waals surface area contributed by atoms with E-state index in [9.17, 15) is 9.59 Å². The molecule has 1 amide bonds. The molecule has 0 aliphatic carbocycles. The van der Waals surface area contributed by atoms with Crippen molar-refractivity contribution in [1.29, 1.82) is 0 Å². The largest absolute Gasteiger partial charge is 0.340 e. The van der Waals surface area contributed by atoms with Gasteiger partial charge in [-0.1, -0.05) is 36.4 Å². The lowest BCUT2D eigenvalue weighted by Gasteiger charge is -2.43. The molecule has 3 aliphatic rings. The van der Waals surface area contributed by atoms with Crippen LogP contribution in [-0.4, -0.2) is 53.5 Å². The second-order valence-electron chi connectivity index (χ2n) is 9.74. The number of nitrogens with zero attached hydrogens (tertiary/aromatic N) is 3. The Morgan fingerprint density at radius 2 is 1.87 bits per heavy atom. The van der Waals surface area contributed by atoms with Crippen LogP contribution >= 0.6 is 0 Å². The van der Waals surface area contributed by atoms with E-state index < -0.39 is 0 Å². The Balaban J connectivity index is 1.30. The van der Waals surface area contributed by atoms with Crippen LogP contribution in [0.5, 0.6) is 0 Å². The van der Waals surface area contributed by atoms with Gasteiger partial charge < -0.3 is 14.4 Å². The Morgan fingerprint density at radius 3 is 2.65 bits per heavy atom. The molecular formula is C25H32N4O2. The number of hydrogen-bond acceptors (Lipinski definition) is 4. The van der Waals surface area contributed by atoms with E-state index in [1.54, 1.807) is 0 Å². The molecule has 4 heterocycles. The number of rotatable bonds is 4. The predicted octanol–water partition coefficient (Wildman–Crippen LogP) is 2.35. The van der Waals surface area contributed by atoms with Crippen LogP contribution < -0.4 is 10.9 Å². The Morgan fingerprint density at radius 1 is 1.06 bits per heavy atom. The van der Waals surface area contributed by atoms with Crippen LogP contribution in [0.2, 0.25) is 0 Å². The zero-order valence-electron chi connectivity index (χ0n) is 18.5. The summed E-state index contributed by atoms with van der Waals surface area (Å²) >= 11 is 0. The van der Waals surface area contributed by atoms with Gasteiger partial charge in [0.1, 0.15) is 0 Å². The molecule has 0 radical (unpaired) electrons. The minimum absolute atomic E-state index is 0.103. The Kier molecular flexibility index (Phi) is 5.44. The topological polar surface area (TPSA) is 57.6 Å². The normalized spacial score (nSPS) is 27.4. The highest BCUT2D eigenvalue weighted by molar-refractivity contribution is 5.82. The number of likely N-dealkylation sites (tertiary alicyclic amines) is 1. The summed E-state index contributed by atoms with van der Waals surface area (Å²) < 4.78 is 1.98. The number of carbonyl (C=O) groups excluding carboxylic acids is 1. The van der Waals surface area contributed by atoms with Crippen molar-refractivity contribution in [1.82, 2.24) is 19.7 Å². The van der Waals surface area contributed by atoms with Crippen LogP contribution in [0.3, 0.4) is 0 Å². The number of hydrogen-bond donors (Lipinski definition) is 1. The van der Waals surface area contributed by atoms with Crippen molar-refractivity contribution >= 4 is 5.91 Å². The number of aromatic nitrogens is 1. The first-order chi connectivity index (χ1) is 15.0. The number of amides is 1. The van der Waals surface area contributed by atoms with E-state index in [4.69, 9.17) is 0 Å². The fourth-order valence-corrected chi connectivity index (χ4v) is 5.74. The van der Waals surface area contributed by atoms with Crippen LogP contribution in [-0.2, 0) is 17.9 Å². The molecule has 0 unspecified atom stereocenters. The fourth-order valence-electron chi connectivity index (χ4n) is 5.74. The molecule has 164 valence electrons. The number of benzene rings is 1. The smallest absolute Gasteiger partial charge is 0.255 e. The maximum Gasteiger partial charge on any atom is 0.255 e. The number of carbonyl (C=O) groups is 1. The van der Waals surface area contributed by atoms with E-state index in [2.05, 4.69) is 40.5 Å². The minimum atomic E-state index is -0.103. The van der Waals surface area contributed by atoms with E-state index in [1.165, 1.54) is 5.56 Å². The summed E-state index contributed by atoms with van der Waals surface area (Å²) in [4.78, 5) is 30.5. The predicted molar refractivity (Wildman–Crippen MR) is 121 cm³/mol. The molecule has 2 fully saturated rings. The first kappa shape index (κ1) is 20.5. The van der Waals surface area contributed by atoms with Gasteiger partial charge in [-0.15, -0.1) is 0 Å². The first-order valence-corrected chi connectivity index (χ1v) is 11.5. The third-order valence-corrected chi connectivity index (χ3v) is 7.13. The highest BCUT2D eigenvalue weighted by Gasteiger charge is 2.40. The highest BCUT2D eigenvalue weighted by atomic mass is 16.2. The molecule has 1 aromatic heterocycles. The molecular weight excluding hydrogens is 388 g/mol. The molecule has 6 nitrogen and oxygen atoms in total. The second kappa shape index (κ2) is 8.24. The molecule has 6 heteroatoms. The molecule has 3 aliphatic heterocycles. The fraction of sp³-hybridized carbons (Fsp3) is 0.520. The maximum atomic E-state index is 13.4. The Labute approximate surface area is 183 Å². The van der Waals surface area contributed by atoms with E-state index >= 15 is 0 Å². The van der Waals surface area contributed by atoms with Gasteiger partial charge in [0.2, 0.25) is 5.91 Å². The second-order valence-corrected chi connectivity index (χ2v) is 9.74. The van der Waals surface area contributed by atoms with Gasteiger partial charge in [0.05, 0.1) is 6.04 Å². The van der Waals surface area contributed by atoms with Gasteiger partial charge in [0.15, 0.2) is 0 Å². The summed E-state index contributed by atoms with van der Waals surface area (Å²) in [5.74, 6) is 0.839. The standard InChI is InChI=1S/C25H32N4O2/c1-27(2)15-19-8-11-23-20-12-17(14-29(23)24(19)30)13-28(16-20)25(31)22-10-9-21(26-22)18-6-4-3-5-7-18/h3-8,11,17,20-22,26H,9-10,12-16H2,1-2H3/t17-,20+,21+,22+/m0/s1. The average molecular weight is 421 g/mol. The molecule has 2 aromatic rings. The third-order valence-electron chi connectivity index (χ3n) is 7.13. The SMILES string of the molecule is CN(C)Cc1ccc2n(c1=O)C[C@H]1C[C@@H]2CN(C(=O)[C@H]2CC[C@H](c3ccccc3)N2)C1. The molecule has 1 N–H and O–H groups in total. The van der Waals surface area contributed by atoms with E-state index in [0.717, 1.165) is 50.2 Å². The van der Waals surface area contributed by atoms with Gasteiger partial charge in [-0.05, 0) is 50.9 Å².